The molecule has 0 fully saturated rings. The fraction of sp³-hybridized carbons (Fsp3) is 0.214. The highest BCUT2D eigenvalue weighted by Gasteiger charge is 2.04. The molecule has 0 aliphatic heterocycles. The molecule has 0 saturated carbocycles. The third-order valence-electron chi connectivity index (χ3n) is 2.69. The van der Waals surface area contributed by atoms with Crippen LogP contribution in [0.3, 0.4) is 0 Å². The molecule has 0 saturated heterocycles. The largest absolute Gasteiger partial charge is 0.332 e. The number of aromatic nitrogens is 2. The Morgan fingerprint density at radius 2 is 2.05 bits per heavy atom. The molecule has 104 valence electrons. The maximum atomic E-state index is 11.7. The monoisotopic (exact) mass is 290 g/mol. The minimum Gasteiger partial charge on any atom is -0.332 e. The Labute approximate surface area is 122 Å². The zero-order valence-electron chi connectivity index (χ0n) is 11.3. The van der Waals surface area contributed by atoms with Crippen LogP contribution in [-0.2, 0) is 6.54 Å². The minimum absolute atomic E-state index is 0.313. The second-order valence-corrected chi connectivity index (χ2v) is 4.83. The molecule has 0 spiro atoms. The van der Waals surface area contributed by atoms with E-state index >= 15 is 0 Å². The predicted molar refractivity (Wildman–Crippen MR) is 78.8 cm³/mol. The summed E-state index contributed by atoms with van der Waals surface area (Å²) >= 11 is 6.00. The van der Waals surface area contributed by atoms with Gasteiger partial charge in [-0.1, -0.05) is 17.7 Å². The Bertz CT molecular complexity index is 613. The number of anilines is 1. The lowest BCUT2D eigenvalue weighted by molar-refractivity contribution is 0.251. The Morgan fingerprint density at radius 1 is 1.25 bits per heavy atom. The van der Waals surface area contributed by atoms with Gasteiger partial charge in [0.05, 0.1) is 24.1 Å². The first-order chi connectivity index (χ1) is 9.54. The highest BCUT2D eigenvalue weighted by Crippen LogP contribution is 2.19. The molecule has 1 heterocycles. The molecule has 20 heavy (non-hydrogen) atoms. The van der Waals surface area contributed by atoms with Gasteiger partial charge in [-0.05, 0) is 31.5 Å². The van der Waals surface area contributed by atoms with Gasteiger partial charge in [0.1, 0.15) is 0 Å². The minimum atomic E-state index is -0.313. The third-order valence-corrected chi connectivity index (χ3v) is 3.10. The van der Waals surface area contributed by atoms with Gasteiger partial charge in [0, 0.05) is 16.9 Å². The van der Waals surface area contributed by atoms with E-state index in [0.29, 0.717) is 22.9 Å². The van der Waals surface area contributed by atoms with Gasteiger partial charge < -0.3 is 10.6 Å². The number of nitrogens with one attached hydrogen (secondary N) is 2. The lowest BCUT2D eigenvalue weighted by atomic mass is 10.2. The topological polar surface area (TPSA) is 66.9 Å². The maximum absolute atomic E-state index is 11.7. The normalized spacial score (nSPS) is 10.2. The number of carbonyl (C=O) groups excluding carboxylic acids is 1. The van der Waals surface area contributed by atoms with Gasteiger partial charge in [-0.3, -0.25) is 9.97 Å². The fourth-order valence-corrected chi connectivity index (χ4v) is 1.71. The first kappa shape index (κ1) is 14.3. The Kier molecular flexibility index (Phi) is 4.53. The number of urea groups is 1. The summed E-state index contributed by atoms with van der Waals surface area (Å²) in [5.74, 6) is 0. The molecule has 2 N–H and O–H groups in total. The fourth-order valence-electron chi connectivity index (χ4n) is 1.53. The summed E-state index contributed by atoms with van der Waals surface area (Å²) in [4.78, 5) is 20.0. The van der Waals surface area contributed by atoms with Crippen LogP contribution in [-0.4, -0.2) is 16.0 Å². The number of halogens is 1. The van der Waals surface area contributed by atoms with Crippen molar-refractivity contribution in [2.24, 2.45) is 0 Å². The van der Waals surface area contributed by atoms with Crippen molar-refractivity contribution in [2.75, 3.05) is 5.32 Å². The van der Waals surface area contributed by atoms with Gasteiger partial charge in [-0.25, -0.2) is 4.79 Å². The first-order valence-electron chi connectivity index (χ1n) is 6.13. The van der Waals surface area contributed by atoms with E-state index in [9.17, 15) is 4.79 Å². The number of benzene rings is 1. The zero-order valence-corrected chi connectivity index (χ0v) is 12.0. The smallest absolute Gasteiger partial charge is 0.319 e. The second kappa shape index (κ2) is 6.34. The summed E-state index contributed by atoms with van der Waals surface area (Å²) in [5, 5.41) is 6.03. The summed E-state index contributed by atoms with van der Waals surface area (Å²) in [7, 11) is 0. The molecule has 2 amide bonds. The molecule has 0 unspecified atom stereocenters. The second-order valence-electron chi connectivity index (χ2n) is 4.42. The molecule has 0 aliphatic carbocycles. The van der Waals surface area contributed by atoms with E-state index in [1.807, 2.05) is 19.9 Å². The van der Waals surface area contributed by atoms with E-state index in [1.165, 1.54) is 0 Å². The molecular weight excluding hydrogens is 276 g/mol. The van der Waals surface area contributed by atoms with Gasteiger partial charge in [0.15, 0.2) is 0 Å². The van der Waals surface area contributed by atoms with Crippen LogP contribution in [0.2, 0.25) is 5.02 Å². The first-order valence-corrected chi connectivity index (χ1v) is 6.51. The van der Waals surface area contributed by atoms with Crippen LogP contribution in [0.5, 0.6) is 0 Å². The van der Waals surface area contributed by atoms with Crippen molar-refractivity contribution >= 4 is 23.3 Å². The molecule has 0 bridgehead atoms. The molecule has 2 rings (SSSR count). The van der Waals surface area contributed by atoms with Crippen LogP contribution in [0.25, 0.3) is 0 Å². The van der Waals surface area contributed by atoms with Gasteiger partial charge in [-0.2, -0.15) is 0 Å². The van der Waals surface area contributed by atoms with Crippen molar-refractivity contribution in [1.29, 1.82) is 0 Å². The number of aryl methyl sites for hydroxylation is 2. The van der Waals surface area contributed by atoms with E-state index in [-0.39, 0.29) is 6.03 Å². The van der Waals surface area contributed by atoms with Crippen LogP contribution >= 0.6 is 11.6 Å². The molecule has 5 nitrogen and oxygen atoms in total. The highest BCUT2D eigenvalue weighted by atomic mass is 35.5. The van der Waals surface area contributed by atoms with Crippen LogP contribution in [0.1, 0.15) is 17.0 Å². The molecule has 1 aromatic heterocycles. The Morgan fingerprint density at radius 3 is 2.70 bits per heavy atom. The van der Waals surface area contributed by atoms with E-state index in [4.69, 9.17) is 11.6 Å². The number of rotatable bonds is 3. The van der Waals surface area contributed by atoms with Crippen LogP contribution in [0, 0.1) is 13.8 Å². The van der Waals surface area contributed by atoms with Crippen LogP contribution < -0.4 is 10.6 Å². The molecule has 0 atom stereocenters. The van der Waals surface area contributed by atoms with Gasteiger partial charge in [0.2, 0.25) is 0 Å². The number of hydrogen-bond donors (Lipinski definition) is 2. The Balaban J connectivity index is 1.89. The van der Waals surface area contributed by atoms with Gasteiger partial charge in [-0.15, -0.1) is 0 Å². The summed E-state index contributed by atoms with van der Waals surface area (Å²) in [5.41, 5.74) is 3.15. The average Bonchev–Trinajstić information content (AvgIpc) is 2.42. The SMILES string of the molecule is Cc1cnc(CNC(=O)Nc2ccc(C)c(Cl)c2)cn1. The van der Waals surface area contributed by atoms with E-state index in [0.717, 1.165) is 11.3 Å². The van der Waals surface area contributed by atoms with Crippen LogP contribution in [0.4, 0.5) is 10.5 Å². The number of nitrogens with zero attached hydrogens (tertiary/aromatic N) is 2. The lowest BCUT2D eigenvalue weighted by Gasteiger charge is -2.08. The van der Waals surface area contributed by atoms with E-state index in [2.05, 4.69) is 20.6 Å². The quantitative estimate of drug-likeness (QED) is 0.913. The standard InChI is InChI=1S/C14H15ClN4O/c1-9-3-4-11(5-13(9)15)19-14(20)18-8-12-7-16-10(2)6-17-12/h3-7H,8H2,1-2H3,(H2,18,19,20). The van der Waals surface area contributed by atoms with Crippen molar-refractivity contribution in [1.82, 2.24) is 15.3 Å². The third kappa shape index (κ3) is 3.93. The predicted octanol–water partition coefficient (Wildman–Crippen LogP) is 3.07. The lowest BCUT2D eigenvalue weighted by Crippen LogP contribution is -2.28. The maximum Gasteiger partial charge on any atom is 0.319 e. The molecule has 0 aliphatic rings. The molecule has 1 aromatic carbocycles. The summed E-state index contributed by atoms with van der Waals surface area (Å²) in [6, 6.07) is 5.05. The summed E-state index contributed by atoms with van der Waals surface area (Å²) in [6.07, 6.45) is 3.30. The zero-order chi connectivity index (χ0) is 14.5. The van der Waals surface area contributed by atoms with Crippen LogP contribution in [0.15, 0.2) is 30.6 Å². The van der Waals surface area contributed by atoms with Crippen molar-refractivity contribution < 1.29 is 4.79 Å². The average molecular weight is 291 g/mol. The number of carbonyl (C=O) groups is 1. The Hall–Kier alpha value is -2.14. The summed E-state index contributed by atoms with van der Waals surface area (Å²) < 4.78 is 0. The van der Waals surface area contributed by atoms with E-state index < -0.39 is 0 Å². The summed E-state index contributed by atoms with van der Waals surface area (Å²) in [6.45, 7) is 4.08. The van der Waals surface area contributed by atoms with Gasteiger partial charge in [0.25, 0.3) is 0 Å². The van der Waals surface area contributed by atoms with Crippen molar-refractivity contribution in [3.8, 4) is 0 Å². The molecule has 2 aromatic rings. The van der Waals surface area contributed by atoms with Crippen molar-refractivity contribution in [3.63, 3.8) is 0 Å². The molecule has 6 heteroatoms. The van der Waals surface area contributed by atoms with E-state index in [1.54, 1.807) is 24.5 Å². The van der Waals surface area contributed by atoms with Crippen molar-refractivity contribution in [2.45, 2.75) is 20.4 Å². The number of hydrogen-bond acceptors (Lipinski definition) is 3. The van der Waals surface area contributed by atoms with Crippen molar-refractivity contribution in [3.05, 3.63) is 52.6 Å². The van der Waals surface area contributed by atoms with Gasteiger partial charge >= 0.3 is 6.03 Å². The molecule has 0 radical (unpaired) electrons. The molecular formula is C14H15ClN4O. The number of amides is 2. The highest BCUT2D eigenvalue weighted by molar-refractivity contribution is 6.31.